The summed E-state index contributed by atoms with van der Waals surface area (Å²) in [5, 5.41) is 0. The molecular formula is C15H30. The Hall–Kier alpha value is 0. The van der Waals surface area contributed by atoms with E-state index < -0.39 is 0 Å². The summed E-state index contributed by atoms with van der Waals surface area (Å²) in [7, 11) is 0. The maximum Gasteiger partial charge on any atom is -0.0360 e. The van der Waals surface area contributed by atoms with Crippen LogP contribution >= 0.6 is 0 Å². The molecule has 1 aliphatic rings. The molecule has 0 aromatic heterocycles. The maximum absolute atomic E-state index is 2.41. The molecule has 90 valence electrons. The van der Waals surface area contributed by atoms with Crippen LogP contribution in [0.3, 0.4) is 0 Å². The molecule has 0 N–H and O–H groups in total. The Kier molecular flexibility index (Phi) is 4.67. The molecule has 0 saturated heterocycles. The van der Waals surface area contributed by atoms with E-state index in [1.54, 1.807) is 0 Å². The summed E-state index contributed by atoms with van der Waals surface area (Å²) in [6.07, 6.45) is 4.45. The fourth-order valence-electron chi connectivity index (χ4n) is 3.16. The number of hydrogen-bond acceptors (Lipinski definition) is 0. The standard InChI is InChI=1S/C15H30/c1-10(2)7-15(12(5)6)14-8-13(9-14)11(3)4/h10-15H,7-9H2,1-6H3. The number of rotatable bonds is 5. The van der Waals surface area contributed by atoms with Gasteiger partial charge >= 0.3 is 0 Å². The van der Waals surface area contributed by atoms with Crippen molar-refractivity contribution in [2.24, 2.45) is 35.5 Å². The largest absolute Gasteiger partial charge is 0.0628 e. The van der Waals surface area contributed by atoms with Crippen molar-refractivity contribution in [3.05, 3.63) is 0 Å². The van der Waals surface area contributed by atoms with Crippen LogP contribution in [0, 0.1) is 35.5 Å². The summed E-state index contributed by atoms with van der Waals surface area (Å²) in [6.45, 7) is 14.3. The summed E-state index contributed by atoms with van der Waals surface area (Å²) in [5.41, 5.74) is 0. The first kappa shape index (κ1) is 13.1. The lowest BCUT2D eigenvalue weighted by Crippen LogP contribution is -2.35. The average Bonchev–Trinajstić information content (AvgIpc) is 1.97. The molecule has 1 fully saturated rings. The van der Waals surface area contributed by atoms with E-state index in [1.807, 2.05) is 0 Å². The van der Waals surface area contributed by atoms with Gasteiger partial charge in [-0.2, -0.15) is 0 Å². The van der Waals surface area contributed by atoms with Crippen LogP contribution in [0.1, 0.15) is 60.8 Å². The highest BCUT2D eigenvalue weighted by Gasteiger charge is 2.37. The van der Waals surface area contributed by atoms with Crippen LogP contribution in [0.4, 0.5) is 0 Å². The molecule has 1 rings (SSSR count). The lowest BCUT2D eigenvalue weighted by molar-refractivity contribution is 0.0546. The van der Waals surface area contributed by atoms with E-state index in [-0.39, 0.29) is 0 Å². The van der Waals surface area contributed by atoms with Gasteiger partial charge in [0, 0.05) is 0 Å². The second-order valence-electron chi connectivity index (χ2n) is 6.77. The molecule has 15 heavy (non-hydrogen) atoms. The third-order valence-electron chi connectivity index (χ3n) is 4.36. The van der Waals surface area contributed by atoms with Gasteiger partial charge in [-0.3, -0.25) is 0 Å². The molecule has 0 amide bonds. The van der Waals surface area contributed by atoms with Gasteiger partial charge in [-0.15, -0.1) is 0 Å². The highest BCUT2D eigenvalue weighted by molar-refractivity contribution is 4.87. The van der Waals surface area contributed by atoms with Crippen LogP contribution in [-0.2, 0) is 0 Å². The topological polar surface area (TPSA) is 0 Å². The van der Waals surface area contributed by atoms with E-state index >= 15 is 0 Å². The summed E-state index contributed by atoms with van der Waals surface area (Å²) in [4.78, 5) is 0. The Labute approximate surface area is 96.8 Å². The van der Waals surface area contributed by atoms with Crippen LogP contribution in [0.15, 0.2) is 0 Å². The van der Waals surface area contributed by atoms with Crippen LogP contribution in [0.2, 0.25) is 0 Å². The zero-order valence-electron chi connectivity index (χ0n) is 11.6. The quantitative estimate of drug-likeness (QED) is 0.600. The zero-order valence-corrected chi connectivity index (χ0v) is 11.6. The van der Waals surface area contributed by atoms with E-state index in [0.717, 1.165) is 35.5 Å². The maximum atomic E-state index is 2.41. The van der Waals surface area contributed by atoms with E-state index in [4.69, 9.17) is 0 Å². The van der Waals surface area contributed by atoms with Crippen molar-refractivity contribution in [2.75, 3.05) is 0 Å². The molecular weight excluding hydrogens is 180 g/mol. The third kappa shape index (κ3) is 3.50. The van der Waals surface area contributed by atoms with Crippen molar-refractivity contribution in [1.82, 2.24) is 0 Å². The smallest absolute Gasteiger partial charge is 0.0360 e. The molecule has 1 unspecified atom stereocenters. The minimum absolute atomic E-state index is 0.871. The first-order valence-electron chi connectivity index (χ1n) is 6.91. The van der Waals surface area contributed by atoms with Crippen molar-refractivity contribution in [1.29, 1.82) is 0 Å². The van der Waals surface area contributed by atoms with Crippen LogP contribution in [0.25, 0.3) is 0 Å². The lowest BCUT2D eigenvalue weighted by atomic mass is 9.61. The van der Waals surface area contributed by atoms with E-state index in [2.05, 4.69) is 41.5 Å². The monoisotopic (exact) mass is 210 g/mol. The first-order valence-corrected chi connectivity index (χ1v) is 6.91. The van der Waals surface area contributed by atoms with Gasteiger partial charge in [0.05, 0.1) is 0 Å². The molecule has 0 radical (unpaired) electrons. The van der Waals surface area contributed by atoms with E-state index in [1.165, 1.54) is 19.3 Å². The second kappa shape index (κ2) is 5.37. The highest BCUT2D eigenvalue weighted by Crippen LogP contribution is 2.46. The summed E-state index contributed by atoms with van der Waals surface area (Å²) in [5.74, 6) is 5.72. The van der Waals surface area contributed by atoms with Gasteiger partial charge in [-0.25, -0.2) is 0 Å². The molecule has 0 bridgehead atoms. The van der Waals surface area contributed by atoms with E-state index in [9.17, 15) is 0 Å². The van der Waals surface area contributed by atoms with Crippen LogP contribution < -0.4 is 0 Å². The Bertz CT molecular complexity index is 172. The summed E-state index contributed by atoms with van der Waals surface area (Å²) < 4.78 is 0. The van der Waals surface area contributed by atoms with Crippen molar-refractivity contribution in [3.8, 4) is 0 Å². The summed E-state index contributed by atoms with van der Waals surface area (Å²) in [6, 6.07) is 0. The van der Waals surface area contributed by atoms with Gasteiger partial charge < -0.3 is 0 Å². The fraction of sp³-hybridized carbons (Fsp3) is 1.00. The normalized spacial score (nSPS) is 28.6. The predicted octanol–water partition coefficient (Wildman–Crippen LogP) is 4.99. The predicted molar refractivity (Wildman–Crippen MR) is 68.8 cm³/mol. The second-order valence-corrected chi connectivity index (χ2v) is 6.77. The van der Waals surface area contributed by atoms with Crippen LogP contribution in [0.5, 0.6) is 0 Å². The van der Waals surface area contributed by atoms with Gasteiger partial charge in [-0.05, 0) is 54.8 Å². The lowest BCUT2D eigenvalue weighted by Gasteiger charge is -2.45. The molecule has 1 atom stereocenters. The Morgan fingerprint density at radius 2 is 1.40 bits per heavy atom. The molecule has 0 spiro atoms. The van der Waals surface area contributed by atoms with E-state index in [0.29, 0.717) is 0 Å². The van der Waals surface area contributed by atoms with Gasteiger partial charge in [0.25, 0.3) is 0 Å². The van der Waals surface area contributed by atoms with Crippen LogP contribution in [-0.4, -0.2) is 0 Å². The molecule has 0 nitrogen and oxygen atoms in total. The van der Waals surface area contributed by atoms with Gasteiger partial charge in [0.1, 0.15) is 0 Å². The van der Waals surface area contributed by atoms with Crippen molar-refractivity contribution in [2.45, 2.75) is 60.8 Å². The average molecular weight is 210 g/mol. The van der Waals surface area contributed by atoms with Gasteiger partial charge in [0.2, 0.25) is 0 Å². The fourth-order valence-corrected chi connectivity index (χ4v) is 3.16. The minimum Gasteiger partial charge on any atom is -0.0628 e. The molecule has 0 aromatic carbocycles. The molecule has 0 aromatic rings. The molecule has 1 saturated carbocycles. The Morgan fingerprint density at radius 3 is 1.73 bits per heavy atom. The first-order chi connectivity index (χ1) is 6.91. The van der Waals surface area contributed by atoms with Crippen molar-refractivity contribution < 1.29 is 0 Å². The number of hydrogen-bond donors (Lipinski definition) is 0. The van der Waals surface area contributed by atoms with Crippen molar-refractivity contribution >= 4 is 0 Å². The zero-order chi connectivity index (χ0) is 11.6. The highest BCUT2D eigenvalue weighted by atomic mass is 14.4. The third-order valence-corrected chi connectivity index (χ3v) is 4.36. The van der Waals surface area contributed by atoms with Crippen molar-refractivity contribution in [3.63, 3.8) is 0 Å². The molecule has 0 heterocycles. The van der Waals surface area contributed by atoms with Gasteiger partial charge in [-0.1, -0.05) is 41.5 Å². The molecule has 0 aliphatic heterocycles. The Morgan fingerprint density at radius 1 is 0.867 bits per heavy atom. The van der Waals surface area contributed by atoms with Gasteiger partial charge in [0.15, 0.2) is 0 Å². The Balaban J connectivity index is 2.40. The molecule has 1 aliphatic carbocycles. The minimum atomic E-state index is 0.871. The molecule has 0 heteroatoms. The SMILES string of the molecule is CC(C)CC(C(C)C)C1CC(C(C)C)C1. The summed E-state index contributed by atoms with van der Waals surface area (Å²) >= 11 is 0.